The number of carbonyl (C=O) groups is 2. The lowest BCUT2D eigenvalue weighted by Gasteiger charge is -2.13. The van der Waals surface area contributed by atoms with E-state index in [9.17, 15) is 14.7 Å². The third kappa shape index (κ3) is 3.46. The molecule has 1 aromatic carbocycles. The Morgan fingerprint density at radius 2 is 2.06 bits per heavy atom. The van der Waals surface area contributed by atoms with Crippen LogP contribution in [0, 0.1) is 6.92 Å². The first-order chi connectivity index (χ1) is 8.45. The Morgan fingerprint density at radius 3 is 2.56 bits per heavy atom. The van der Waals surface area contributed by atoms with Crippen molar-refractivity contribution in [2.75, 3.05) is 6.61 Å². The summed E-state index contributed by atoms with van der Waals surface area (Å²) in [6.45, 7) is 1.31. The monoisotopic (exact) mass is 253 g/mol. The fraction of sp³-hybridized carbons (Fsp3) is 0.333. The molecular formula is C12H15NO5. The molecule has 0 heterocycles. The molecule has 18 heavy (non-hydrogen) atoms. The standard InChI is InChI=1S/C12H15NO5/c1-7-6-8(2-3-10(7)15)11(16)13-9(4-5-14)12(17)18/h2-3,6,9,14-15H,4-5H2,1H3,(H,13,16)(H,17,18)/t9-/m0/s1. The number of aliphatic hydroxyl groups is 1. The van der Waals surface area contributed by atoms with Crippen molar-refractivity contribution < 1.29 is 24.9 Å². The largest absolute Gasteiger partial charge is 0.508 e. The first-order valence-corrected chi connectivity index (χ1v) is 5.40. The lowest BCUT2D eigenvalue weighted by molar-refractivity contribution is -0.139. The smallest absolute Gasteiger partial charge is 0.326 e. The van der Waals surface area contributed by atoms with Gasteiger partial charge in [-0.2, -0.15) is 0 Å². The zero-order chi connectivity index (χ0) is 13.7. The number of phenols is 1. The number of hydrogen-bond acceptors (Lipinski definition) is 4. The highest BCUT2D eigenvalue weighted by Gasteiger charge is 2.20. The zero-order valence-corrected chi connectivity index (χ0v) is 9.88. The number of aliphatic hydroxyl groups excluding tert-OH is 1. The average molecular weight is 253 g/mol. The number of rotatable bonds is 5. The van der Waals surface area contributed by atoms with E-state index in [1.54, 1.807) is 6.92 Å². The Hall–Kier alpha value is -2.08. The van der Waals surface area contributed by atoms with Crippen LogP contribution >= 0.6 is 0 Å². The van der Waals surface area contributed by atoms with E-state index in [4.69, 9.17) is 10.2 Å². The van der Waals surface area contributed by atoms with Gasteiger partial charge in [0, 0.05) is 18.6 Å². The summed E-state index contributed by atoms with van der Waals surface area (Å²) in [5.41, 5.74) is 0.783. The lowest BCUT2D eigenvalue weighted by Crippen LogP contribution is -2.41. The minimum atomic E-state index is -1.20. The van der Waals surface area contributed by atoms with Crippen molar-refractivity contribution in [2.45, 2.75) is 19.4 Å². The molecule has 0 bridgehead atoms. The van der Waals surface area contributed by atoms with Crippen LogP contribution in [-0.4, -0.2) is 39.8 Å². The summed E-state index contributed by atoms with van der Waals surface area (Å²) in [4.78, 5) is 22.6. The predicted molar refractivity (Wildman–Crippen MR) is 63.4 cm³/mol. The highest BCUT2D eigenvalue weighted by atomic mass is 16.4. The first-order valence-electron chi connectivity index (χ1n) is 5.40. The Bertz CT molecular complexity index is 458. The molecule has 0 radical (unpaired) electrons. The number of amides is 1. The summed E-state index contributed by atoms with van der Waals surface area (Å²) in [6, 6.07) is 3.10. The van der Waals surface area contributed by atoms with Crippen molar-refractivity contribution in [3.05, 3.63) is 29.3 Å². The number of carboxylic acids is 1. The second-order valence-corrected chi connectivity index (χ2v) is 3.88. The van der Waals surface area contributed by atoms with Crippen LogP contribution in [0.25, 0.3) is 0 Å². The Kier molecular flexibility index (Phi) is 4.67. The molecule has 0 aliphatic carbocycles. The Balaban J connectivity index is 2.80. The molecule has 1 aromatic rings. The van der Waals surface area contributed by atoms with Crippen LogP contribution in [0.5, 0.6) is 5.75 Å². The van der Waals surface area contributed by atoms with E-state index in [2.05, 4.69) is 5.32 Å². The van der Waals surface area contributed by atoms with Crippen LogP contribution in [0.1, 0.15) is 22.3 Å². The molecular weight excluding hydrogens is 238 g/mol. The maximum Gasteiger partial charge on any atom is 0.326 e. The molecule has 0 saturated heterocycles. The molecule has 0 spiro atoms. The van der Waals surface area contributed by atoms with Gasteiger partial charge in [-0.15, -0.1) is 0 Å². The van der Waals surface area contributed by atoms with E-state index in [-0.39, 0.29) is 24.3 Å². The number of aliphatic carboxylic acids is 1. The third-order valence-electron chi connectivity index (χ3n) is 2.48. The number of phenolic OH excluding ortho intramolecular Hbond substituents is 1. The molecule has 6 nitrogen and oxygen atoms in total. The maximum absolute atomic E-state index is 11.8. The normalized spacial score (nSPS) is 11.9. The maximum atomic E-state index is 11.8. The minimum Gasteiger partial charge on any atom is -0.508 e. The van der Waals surface area contributed by atoms with Crippen LogP contribution in [0.3, 0.4) is 0 Å². The van der Waals surface area contributed by atoms with Crippen molar-refractivity contribution >= 4 is 11.9 Å². The van der Waals surface area contributed by atoms with Gasteiger partial charge in [0.05, 0.1) is 0 Å². The number of nitrogens with one attached hydrogen (secondary N) is 1. The van der Waals surface area contributed by atoms with Crippen molar-refractivity contribution in [1.82, 2.24) is 5.32 Å². The number of aromatic hydroxyl groups is 1. The van der Waals surface area contributed by atoms with Gasteiger partial charge < -0.3 is 20.6 Å². The minimum absolute atomic E-state index is 0.0574. The Labute approximate surface area is 104 Å². The van der Waals surface area contributed by atoms with Gasteiger partial charge in [0.1, 0.15) is 11.8 Å². The van der Waals surface area contributed by atoms with Gasteiger partial charge in [0.2, 0.25) is 0 Å². The number of aryl methyl sites for hydroxylation is 1. The SMILES string of the molecule is Cc1cc(C(=O)N[C@@H](CCO)C(=O)O)ccc1O. The van der Waals surface area contributed by atoms with Crippen LogP contribution in [0.15, 0.2) is 18.2 Å². The van der Waals surface area contributed by atoms with Crippen molar-refractivity contribution in [2.24, 2.45) is 0 Å². The van der Waals surface area contributed by atoms with E-state index < -0.39 is 17.9 Å². The summed E-state index contributed by atoms with van der Waals surface area (Å²) in [5, 5.41) is 29.2. The van der Waals surface area contributed by atoms with Crippen LogP contribution in [0.2, 0.25) is 0 Å². The molecule has 0 unspecified atom stereocenters. The third-order valence-corrected chi connectivity index (χ3v) is 2.48. The predicted octanol–water partition coefficient (Wildman–Crippen LogP) is 0.266. The highest BCUT2D eigenvalue weighted by Crippen LogP contribution is 2.16. The molecule has 1 amide bonds. The molecule has 1 rings (SSSR count). The van der Waals surface area contributed by atoms with Gasteiger partial charge in [-0.3, -0.25) is 4.79 Å². The van der Waals surface area contributed by atoms with Gasteiger partial charge in [-0.1, -0.05) is 0 Å². The van der Waals surface area contributed by atoms with Gasteiger partial charge in [0.15, 0.2) is 0 Å². The van der Waals surface area contributed by atoms with Gasteiger partial charge in [0.25, 0.3) is 5.91 Å². The van der Waals surface area contributed by atoms with E-state index in [0.29, 0.717) is 5.56 Å². The van der Waals surface area contributed by atoms with E-state index in [1.165, 1.54) is 18.2 Å². The fourth-order valence-electron chi connectivity index (χ4n) is 1.42. The van der Waals surface area contributed by atoms with Gasteiger partial charge >= 0.3 is 5.97 Å². The van der Waals surface area contributed by atoms with E-state index in [0.717, 1.165) is 0 Å². The second-order valence-electron chi connectivity index (χ2n) is 3.88. The summed E-state index contributed by atoms with van der Waals surface area (Å²) in [7, 11) is 0. The lowest BCUT2D eigenvalue weighted by atomic mass is 10.1. The topological polar surface area (TPSA) is 107 Å². The summed E-state index contributed by atoms with van der Waals surface area (Å²) >= 11 is 0. The molecule has 0 saturated carbocycles. The highest BCUT2D eigenvalue weighted by molar-refractivity contribution is 5.96. The van der Waals surface area contributed by atoms with Crippen LogP contribution < -0.4 is 5.32 Å². The molecule has 1 atom stereocenters. The first kappa shape index (κ1) is 14.0. The van der Waals surface area contributed by atoms with Crippen LogP contribution in [-0.2, 0) is 4.79 Å². The summed E-state index contributed by atoms with van der Waals surface area (Å²) < 4.78 is 0. The molecule has 6 heteroatoms. The quantitative estimate of drug-likeness (QED) is 0.602. The van der Waals surface area contributed by atoms with Crippen LogP contribution in [0.4, 0.5) is 0 Å². The molecule has 4 N–H and O–H groups in total. The molecule has 0 aliphatic rings. The van der Waals surface area contributed by atoms with Gasteiger partial charge in [-0.25, -0.2) is 4.79 Å². The second kappa shape index (κ2) is 6.02. The molecule has 0 aliphatic heterocycles. The average Bonchev–Trinajstić information content (AvgIpc) is 2.31. The van der Waals surface area contributed by atoms with E-state index in [1.807, 2.05) is 0 Å². The van der Waals surface area contributed by atoms with Crippen molar-refractivity contribution in [3.63, 3.8) is 0 Å². The number of carboxylic acid groups (broad SMARTS) is 1. The molecule has 98 valence electrons. The zero-order valence-electron chi connectivity index (χ0n) is 9.88. The number of benzene rings is 1. The fourth-order valence-corrected chi connectivity index (χ4v) is 1.42. The van der Waals surface area contributed by atoms with Gasteiger partial charge in [-0.05, 0) is 30.7 Å². The molecule has 0 fully saturated rings. The molecule has 0 aromatic heterocycles. The summed E-state index contributed by atoms with van der Waals surface area (Å²) in [6.07, 6.45) is -0.0574. The van der Waals surface area contributed by atoms with Crippen molar-refractivity contribution in [3.8, 4) is 5.75 Å². The Morgan fingerprint density at radius 1 is 1.39 bits per heavy atom. The number of hydrogen-bond donors (Lipinski definition) is 4. The van der Waals surface area contributed by atoms with E-state index >= 15 is 0 Å². The summed E-state index contributed by atoms with van der Waals surface area (Å²) in [5.74, 6) is -1.69. The van der Waals surface area contributed by atoms with Crippen molar-refractivity contribution in [1.29, 1.82) is 0 Å². The number of carbonyl (C=O) groups excluding carboxylic acids is 1.